The van der Waals surface area contributed by atoms with Crippen LogP contribution in [-0.4, -0.2) is 13.1 Å². The molecule has 0 N–H and O–H groups in total. The molecule has 0 aromatic rings. The lowest BCUT2D eigenvalue weighted by Gasteiger charge is -2.65. The van der Waals surface area contributed by atoms with Crippen molar-refractivity contribution in [1.82, 2.24) is 0 Å². The van der Waals surface area contributed by atoms with Gasteiger partial charge in [0.15, 0.2) is 0 Å². The fourth-order valence-electron chi connectivity index (χ4n) is 12.8. The summed E-state index contributed by atoms with van der Waals surface area (Å²) < 4.78 is 4.99. The van der Waals surface area contributed by atoms with Crippen LogP contribution < -0.4 is 0 Å². The average Bonchev–Trinajstić information content (AvgIpc) is 3.58. The van der Waals surface area contributed by atoms with E-state index in [0.717, 1.165) is 77.4 Å². The van der Waals surface area contributed by atoms with Crippen LogP contribution in [0.5, 0.6) is 0 Å². The third-order valence-corrected chi connectivity index (χ3v) is 15.7. The Labute approximate surface area is 276 Å². The first-order valence-corrected chi connectivity index (χ1v) is 20.0. The fourth-order valence-corrected chi connectivity index (χ4v) is 12.8. The van der Waals surface area contributed by atoms with Gasteiger partial charge >= 0.3 is 5.97 Å². The van der Waals surface area contributed by atoms with Crippen molar-refractivity contribution in [2.75, 3.05) is 7.11 Å². The van der Waals surface area contributed by atoms with E-state index in [-0.39, 0.29) is 5.97 Å². The Hall–Kier alpha value is -0.530. The Balaban J connectivity index is 0.00000127. The highest BCUT2D eigenvalue weighted by atomic mass is 16.5. The minimum Gasteiger partial charge on any atom is -0.469 e. The SMILES string of the molecule is CC.CC.CCC(C)C1CC(C)C(CC2CCC3(C)C(C2)CC(C)C2C3CC(C)C3(C)C(C(C)CCC(=O)OC)CCC23)C1. The Morgan fingerprint density at radius 2 is 1.52 bits per heavy atom. The molecular weight excluding hydrogens is 536 g/mol. The summed E-state index contributed by atoms with van der Waals surface area (Å²) >= 11 is 0. The van der Waals surface area contributed by atoms with Crippen molar-refractivity contribution in [3.8, 4) is 0 Å². The van der Waals surface area contributed by atoms with Crippen LogP contribution in [0.25, 0.3) is 0 Å². The molecular formula is C42H78O2. The van der Waals surface area contributed by atoms with Crippen LogP contribution in [0.2, 0.25) is 0 Å². The summed E-state index contributed by atoms with van der Waals surface area (Å²) in [4.78, 5) is 11.9. The van der Waals surface area contributed by atoms with Gasteiger partial charge in [0, 0.05) is 6.42 Å². The molecule has 5 aliphatic carbocycles. The van der Waals surface area contributed by atoms with E-state index in [4.69, 9.17) is 4.74 Å². The topological polar surface area (TPSA) is 26.3 Å². The van der Waals surface area contributed by atoms with E-state index >= 15 is 0 Å². The molecule has 44 heavy (non-hydrogen) atoms. The average molecular weight is 615 g/mol. The van der Waals surface area contributed by atoms with Crippen LogP contribution >= 0.6 is 0 Å². The van der Waals surface area contributed by atoms with Gasteiger partial charge in [0.25, 0.3) is 0 Å². The molecule has 5 saturated carbocycles. The molecule has 5 aliphatic rings. The van der Waals surface area contributed by atoms with Crippen molar-refractivity contribution in [2.45, 2.75) is 167 Å². The Morgan fingerprint density at radius 3 is 2.16 bits per heavy atom. The van der Waals surface area contributed by atoms with Gasteiger partial charge in [0.2, 0.25) is 0 Å². The molecule has 2 nitrogen and oxygen atoms in total. The highest BCUT2D eigenvalue weighted by Crippen LogP contribution is 2.71. The smallest absolute Gasteiger partial charge is 0.305 e. The van der Waals surface area contributed by atoms with E-state index in [2.05, 4.69) is 55.4 Å². The molecule has 5 rings (SSSR count). The normalized spacial score (nSPS) is 45.7. The first kappa shape index (κ1) is 37.9. The van der Waals surface area contributed by atoms with Gasteiger partial charge in [-0.25, -0.2) is 0 Å². The maximum Gasteiger partial charge on any atom is 0.305 e. The van der Waals surface area contributed by atoms with Gasteiger partial charge in [-0.15, -0.1) is 0 Å². The van der Waals surface area contributed by atoms with Gasteiger partial charge in [0.1, 0.15) is 0 Å². The summed E-state index contributed by atoms with van der Waals surface area (Å²) in [7, 11) is 1.54. The van der Waals surface area contributed by atoms with Gasteiger partial charge in [-0.2, -0.15) is 0 Å². The number of esters is 1. The van der Waals surface area contributed by atoms with Gasteiger partial charge in [-0.3, -0.25) is 4.79 Å². The third kappa shape index (κ3) is 7.15. The van der Waals surface area contributed by atoms with Crippen LogP contribution in [0.3, 0.4) is 0 Å². The predicted octanol–water partition coefficient (Wildman–Crippen LogP) is 12.5. The molecule has 0 spiro atoms. The largest absolute Gasteiger partial charge is 0.469 e. The number of rotatable bonds is 8. The first-order chi connectivity index (χ1) is 20.9. The number of methoxy groups -OCH3 is 1. The second kappa shape index (κ2) is 16.0. The molecule has 0 radical (unpaired) electrons. The summed E-state index contributed by atoms with van der Waals surface area (Å²) in [5, 5.41) is 0. The van der Waals surface area contributed by atoms with Gasteiger partial charge in [-0.05, 0) is 158 Å². The van der Waals surface area contributed by atoms with Gasteiger partial charge in [0.05, 0.1) is 7.11 Å². The van der Waals surface area contributed by atoms with Crippen LogP contribution in [-0.2, 0) is 9.53 Å². The molecule has 0 aliphatic heterocycles. The highest BCUT2D eigenvalue weighted by molar-refractivity contribution is 5.69. The van der Waals surface area contributed by atoms with Crippen molar-refractivity contribution in [3.05, 3.63) is 0 Å². The second-order valence-corrected chi connectivity index (χ2v) is 17.2. The zero-order valence-corrected chi connectivity index (χ0v) is 32.0. The summed E-state index contributed by atoms with van der Waals surface area (Å²) in [6, 6.07) is 0. The molecule has 15 unspecified atom stereocenters. The molecule has 0 saturated heterocycles. The van der Waals surface area contributed by atoms with E-state index in [1.807, 2.05) is 27.7 Å². The van der Waals surface area contributed by atoms with Crippen molar-refractivity contribution in [2.24, 2.45) is 87.8 Å². The standard InChI is InChI=1S/C38H66O2.2C2H6/c1-10-23(2)29-17-25(4)30(22-29)20-28-15-16-37(7)31(21-28)18-26(5)36-33-13-12-32(24(3)11-14-35(39)40-9)38(33,8)27(6)19-34(36)37;2*1-2/h23-34,36H,10-22H2,1-9H3;2*1-2H3. The van der Waals surface area contributed by atoms with E-state index in [1.54, 1.807) is 0 Å². The number of hydrogen-bond acceptors (Lipinski definition) is 2. The molecule has 5 fully saturated rings. The zero-order chi connectivity index (χ0) is 33.0. The quantitative estimate of drug-likeness (QED) is 0.254. The Morgan fingerprint density at radius 1 is 0.841 bits per heavy atom. The summed E-state index contributed by atoms with van der Waals surface area (Å²) in [5.74, 6) is 11.6. The minimum absolute atomic E-state index is 0.0310. The lowest BCUT2D eigenvalue weighted by Crippen LogP contribution is -2.58. The number of carbonyl (C=O) groups excluding carboxylic acids is 1. The zero-order valence-electron chi connectivity index (χ0n) is 32.0. The monoisotopic (exact) mass is 615 g/mol. The van der Waals surface area contributed by atoms with Gasteiger partial charge < -0.3 is 4.74 Å². The maximum absolute atomic E-state index is 11.9. The summed E-state index contributed by atoms with van der Waals surface area (Å²) in [6.45, 7) is 28.7. The second-order valence-electron chi connectivity index (χ2n) is 17.2. The minimum atomic E-state index is -0.0310. The molecule has 15 atom stereocenters. The molecule has 2 heteroatoms. The number of hydrogen-bond donors (Lipinski definition) is 0. The van der Waals surface area contributed by atoms with Crippen LogP contribution in [0.15, 0.2) is 0 Å². The third-order valence-electron chi connectivity index (χ3n) is 15.7. The van der Waals surface area contributed by atoms with Gasteiger partial charge in [-0.1, -0.05) is 89.5 Å². The van der Waals surface area contributed by atoms with Crippen LogP contribution in [0.4, 0.5) is 0 Å². The van der Waals surface area contributed by atoms with E-state index in [1.165, 1.54) is 77.7 Å². The molecule has 0 amide bonds. The van der Waals surface area contributed by atoms with Crippen LogP contribution in [0, 0.1) is 87.8 Å². The van der Waals surface area contributed by atoms with Crippen LogP contribution in [0.1, 0.15) is 167 Å². The highest BCUT2D eigenvalue weighted by Gasteiger charge is 2.64. The number of fused-ring (bicyclic) bond motifs is 5. The fraction of sp³-hybridized carbons (Fsp3) is 0.976. The van der Waals surface area contributed by atoms with Crippen molar-refractivity contribution < 1.29 is 9.53 Å². The lowest BCUT2D eigenvalue weighted by atomic mass is 9.40. The Kier molecular flexibility index (Phi) is 13.8. The molecule has 0 aromatic carbocycles. The lowest BCUT2D eigenvalue weighted by molar-refractivity contribution is -0.164. The van der Waals surface area contributed by atoms with Crippen molar-refractivity contribution >= 4 is 5.97 Å². The summed E-state index contributed by atoms with van der Waals surface area (Å²) in [6.07, 6.45) is 17.8. The van der Waals surface area contributed by atoms with Crippen molar-refractivity contribution in [3.63, 3.8) is 0 Å². The maximum atomic E-state index is 11.9. The van der Waals surface area contributed by atoms with E-state index in [0.29, 0.717) is 23.2 Å². The first-order valence-electron chi connectivity index (χ1n) is 20.0. The number of ether oxygens (including phenoxy) is 1. The summed E-state index contributed by atoms with van der Waals surface area (Å²) in [5.41, 5.74) is 1.01. The molecule has 0 aromatic heterocycles. The molecule has 0 bridgehead atoms. The Bertz CT molecular complexity index is 881. The predicted molar refractivity (Wildman–Crippen MR) is 190 cm³/mol. The van der Waals surface area contributed by atoms with E-state index in [9.17, 15) is 4.79 Å². The van der Waals surface area contributed by atoms with Crippen molar-refractivity contribution in [1.29, 1.82) is 0 Å². The van der Waals surface area contributed by atoms with E-state index < -0.39 is 0 Å². The molecule has 0 heterocycles. The molecule has 258 valence electrons. The number of carbonyl (C=O) groups is 1.